The molecule has 1 saturated carbocycles. The smallest absolute Gasteiger partial charge is 0.0809 e. The van der Waals surface area contributed by atoms with Crippen LogP contribution in [0.1, 0.15) is 35.4 Å². The fraction of sp³-hybridized carbons (Fsp3) is 0.733. The summed E-state index contributed by atoms with van der Waals surface area (Å²) in [5, 5.41) is 3.55. The largest absolute Gasteiger partial charge is 0.381 e. The molecule has 0 radical (unpaired) electrons. The van der Waals surface area contributed by atoms with Crippen molar-refractivity contribution in [2.75, 3.05) is 19.8 Å². The van der Waals surface area contributed by atoms with Crippen LogP contribution in [0.4, 0.5) is 0 Å². The fourth-order valence-electron chi connectivity index (χ4n) is 2.37. The lowest BCUT2D eigenvalue weighted by molar-refractivity contribution is 0.0163. The summed E-state index contributed by atoms with van der Waals surface area (Å²) in [4.78, 5) is 2.77. The van der Waals surface area contributed by atoms with Gasteiger partial charge in [-0.2, -0.15) is 0 Å². The molecule has 19 heavy (non-hydrogen) atoms. The Kier molecular flexibility index (Phi) is 4.88. The van der Waals surface area contributed by atoms with E-state index in [4.69, 9.17) is 9.47 Å². The molecular formula is C15H23NO2S. The highest BCUT2D eigenvalue weighted by atomic mass is 32.1. The standard InChI is InChI=1S/C15H23NO2S/c1-2-13(1)16-9-14-3-4-15(19-14)11-18-10-12-5-7-17-8-6-12/h3-4,12-13,16H,1-2,5-11H2. The molecule has 0 spiro atoms. The van der Waals surface area contributed by atoms with Crippen molar-refractivity contribution < 1.29 is 9.47 Å². The zero-order valence-corrected chi connectivity index (χ0v) is 12.2. The molecule has 1 aliphatic heterocycles. The molecule has 0 bridgehead atoms. The third kappa shape index (κ3) is 4.56. The van der Waals surface area contributed by atoms with Crippen molar-refractivity contribution in [1.82, 2.24) is 5.32 Å². The van der Waals surface area contributed by atoms with E-state index in [1.165, 1.54) is 22.6 Å². The summed E-state index contributed by atoms with van der Waals surface area (Å²) in [5.74, 6) is 0.699. The van der Waals surface area contributed by atoms with Crippen LogP contribution in [-0.2, 0) is 22.6 Å². The predicted molar refractivity (Wildman–Crippen MR) is 77.4 cm³/mol. The molecule has 1 N–H and O–H groups in total. The van der Waals surface area contributed by atoms with Gasteiger partial charge in [-0.1, -0.05) is 0 Å². The first-order valence-electron chi connectivity index (χ1n) is 7.36. The average molecular weight is 281 g/mol. The maximum absolute atomic E-state index is 5.84. The molecule has 1 saturated heterocycles. The molecule has 0 amide bonds. The normalized spacial score (nSPS) is 20.8. The minimum absolute atomic E-state index is 0.699. The Bertz CT molecular complexity index is 383. The molecule has 3 rings (SSSR count). The van der Waals surface area contributed by atoms with Gasteiger partial charge >= 0.3 is 0 Å². The van der Waals surface area contributed by atoms with Crippen molar-refractivity contribution in [2.45, 2.75) is 44.9 Å². The zero-order chi connectivity index (χ0) is 12.9. The molecule has 1 aromatic heterocycles. The van der Waals surface area contributed by atoms with E-state index in [-0.39, 0.29) is 0 Å². The minimum Gasteiger partial charge on any atom is -0.381 e. The Morgan fingerprint density at radius 1 is 1.16 bits per heavy atom. The van der Waals surface area contributed by atoms with Crippen LogP contribution in [0.25, 0.3) is 0 Å². The Morgan fingerprint density at radius 3 is 2.74 bits per heavy atom. The lowest BCUT2D eigenvalue weighted by Gasteiger charge is -2.21. The van der Waals surface area contributed by atoms with Gasteiger partial charge in [-0.3, -0.25) is 0 Å². The predicted octanol–water partition coefficient (Wildman–Crippen LogP) is 2.94. The van der Waals surface area contributed by atoms with Crippen LogP contribution < -0.4 is 5.32 Å². The summed E-state index contributed by atoms with van der Waals surface area (Å²) < 4.78 is 11.2. The van der Waals surface area contributed by atoms with Gasteiger partial charge in [0.1, 0.15) is 0 Å². The third-order valence-corrected chi connectivity index (χ3v) is 4.86. The summed E-state index contributed by atoms with van der Waals surface area (Å²) in [5.41, 5.74) is 0. The summed E-state index contributed by atoms with van der Waals surface area (Å²) in [7, 11) is 0. The molecule has 3 nitrogen and oxygen atoms in total. The number of thiophene rings is 1. The van der Waals surface area contributed by atoms with Crippen molar-refractivity contribution in [3.8, 4) is 0 Å². The molecule has 2 fully saturated rings. The first-order valence-corrected chi connectivity index (χ1v) is 8.18. The summed E-state index contributed by atoms with van der Waals surface area (Å²) in [6.45, 7) is 4.49. The van der Waals surface area contributed by atoms with Crippen molar-refractivity contribution in [1.29, 1.82) is 0 Å². The lowest BCUT2D eigenvalue weighted by atomic mass is 10.0. The van der Waals surface area contributed by atoms with Crippen molar-refractivity contribution in [2.24, 2.45) is 5.92 Å². The lowest BCUT2D eigenvalue weighted by Crippen LogP contribution is -2.19. The average Bonchev–Trinajstić information content (AvgIpc) is 3.17. The molecular weight excluding hydrogens is 258 g/mol. The molecule has 2 heterocycles. The molecule has 0 atom stereocenters. The van der Waals surface area contributed by atoms with Crippen LogP contribution in [0.3, 0.4) is 0 Å². The molecule has 2 aliphatic rings. The number of nitrogens with one attached hydrogen (secondary N) is 1. The fourth-order valence-corrected chi connectivity index (χ4v) is 3.27. The van der Waals surface area contributed by atoms with E-state index in [1.807, 2.05) is 11.3 Å². The quantitative estimate of drug-likeness (QED) is 0.833. The van der Waals surface area contributed by atoms with E-state index in [0.29, 0.717) is 5.92 Å². The van der Waals surface area contributed by atoms with Crippen LogP contribution in [0, 0.1) is 5.92 Å². The highest BCUT2D eigenvalue weighted by Crippen LogP contribution is 2.22. The third-order valence-electron chi connectivity index (χ3n) is 3.80. The first-order chi connectivity index (χ1) is 9.40. The van der Waals surface area contributed by atoms with E-state index >= 15 is 0 Å². The van der Waals surface area contributed by atoms with Gasteiger partial charge in [0.15, 0.2) is 0 Å². The number of rotatable bonds is 7. The van der Waals surface area contributed by atoms with Gasteiger partial charge in [0.2, 0.25) is 0 Å². The summed E-state index contributed by atoms with van der Waals surface area (Å²) in [6.07, 6.45) is 5.01. The van der Waals surface area contributed by atoms with Crippen LogP contribution in [0.2, 0.25) is 0 Å². The molecule has 1 aliphatic carbocycles. The molecule has 4 heteroatoms. The van der Waals surface area contributed by atoms with E-state index in [0.717, 1.165) is 51.9 Å². The van der Waals surface area contributed by atoms with Gasteiger partial charge in [-0.25, -0.2) is 0 Å². The number of ether oxygens (including phenoxy) is 2. The van der Waals surface area contributed by atoms with Crippen LogP contribution in [-0.4, -0.2) is 25.9 Å². The second-order valence-electron chi connectivity index (χ2n) is 5.59. The van der Waals surface area contributed by atoms with Gasteiger partial charge in [0.25, 0.3) is 0 Å². The molecule has 0 unspecified atom stereocenters. The second-order valence-corrected chi connectivity index (χ2v) is 6.85. The number of hydrogen-bond donors (Lipinski definition) is 1. The topological polar surface area (TPSA) is 30.5 Å². The van der Waals surface area contributed by atoms with Crippen LogP contribution in [0.15, 0.2) is 12.1 Å². The van der Waals surface area contributed by atoms with Gasteiger partial charge in [-0.05, 0) is 43.7 Å². The Morgan fingerprint density at radius 2 is 1.95 bits per heavy atom. The Hall–Kier alpha value is -0.420. The maximum atomic E-state index is 5.84. The van der Waals surface area contributed by atoms with Gasteiger partial charge in [0, 0.05) is 35.6 Å². The zero-order valence-electron chi connectivity index (χ0n) is 11.4. The molecule has 0 aromatic carbocycles. The van der Waals surface area contributed by atoms with Crippen molar-refractivity contribution in [3.63, 3.8) is 0 Å². The van der Waals surface area contributed by atoms with Gasteiger partial charge in [-0.15, -0.1) is 11.3 Å². The Labute approximate surface area is 119 Å². The van der Waals surface area contributed by atoms with Crippen molar-refractivity contribution >= 4 is 11.3 Å². The minimum atomic E-state index is 0.699. The summed E-state index contributed by atoms with van der Waals surface area (Å²) in [6, 6.07) is 5.22. The van der Waals surface area contributed by atoms with E-state index in [9.17, 15) is 0 Å². The molecule has 106 valence electrons. The van der Waals surface area contributed by atoms with Gasteiger partial charge in [0.05, 0.1) is 13.2 Å². The van der Waals surface area contributed by atoms with E-state index in [2.05, 4.69) is 17.4 Å². The van der Waals surface area contributed by atoms with E-state index < -0.39 is 0 Å². The van der Waals surface area contributed by atoms with Crippen molar-refractivity contribution in [3.05, 3.63) is 21.9 Å². The monoisotopic (exact) mass is 281 g/mol. The molecule has 1 aromatic rings. The van der Waals surface area contributed by atoms with Crippen LogP contribution >= 0.6 is 11.3 Å². The SMILES string of the molecule is c1cc(COCC2CCOCC2)sc1CNC1CC1. The second kappa shape index (κ2) is 6.84. The maximum Gasteiger partial charge on any atom is 0.0809 e. The van der Waals surface area contributed by atoms with Gasteiger partial charge < -0.3 is 14.8 Å². The van der Waals surface area contributed by atoms with Crippen LogP contribution in [0.5, 0.6) is 0 Å². The summed E-state index contributed by atoms with van der Waals surface area (Å²) >= 11 is 1.88. The highest BCUT2D eigenvalue weighted by Gasteiger charge is 2.20. The Balaban J connectivity index is 1.34. The number of hydrogen-bond acceptors (Lipinski definition) is 4. The highest BCUT2D eigenvalue weighted by molar-refractivity contribution is 7.11. The van der Waals surface area contributed by atoms with E-state index in [1.54, 1.807) is 0 Å². The first kappa shape index (κ1) is 13.6.